The first-order valence-electron chi connectivity index (χ1n) is 4.63. The van der Waals surface area contributed by atoms with Crippen LogP contribution in [0.3, 0.4) is 0 Å². The molecule has 0 saturated carbocycles. The van der Waals surface area contributed by atoms with Crippen LogP contribution in [0.2, 0.25) is 0 Å². The fourth-order valence-electron chi connectivity index (χ4n) is 1.42. The minimum atomic E-state index is -0.375. The molecule has 1 aliphatic heterocycles. The van der Waals surface area contributed by atoms with Gasteiger partial charge in [0.2, 0.25) is 11.8 Å². The molecule has 1 aromatic heterocycles. The summed E-state index contributed by atoms with van der Waals surface area (Å²) in [5.74, 6) is -0.0262. The van der Waals surface area contributed by atoms with Gasteiger partial charge in [0.25, 0.3) is 0 Å². The summed E-state index contributed by atoms with van der Waals surface area (Å²) >= 11 is 5.77. The smallest absolute Gasteiger partial charge is 0.318 e. The zero-order valence-electron chi connectivity index (χ0n) is 8.18. The van der Waals surface area contributed by atoms with Crippen molar-refractivity contribution in [2.45, 2.75) is 24.8 Å². The van der Waals surface area contributed by atoms with E-state index in [0.29, 0.717) is 18.5 Å². The van der Waals surface area contributed by atoms with E-state index in [9.17, 15) is 4.79 Å². The average molecular weight is 231 g/mol. The second-order valence-electron chi connectivity index (χ2n) is 3.44. The number of nitrogens with zero attached hydrogens (tertiary/aromatic N) is 3. The Morgan fingerprint density at radius 2 is 2.47 bits per heavy atom. The minimum absolute atomic E-state index is 0.313. The molecule has 0 radical (unpaired) electrons. The molecule has 6 nitrogen and oxygen atoms in total. The van der Waals surface area contributed by atoms with Crippen molar-refractivity contribution in [1.29, 1.82) is 0 Å². The summed E-state index contributed by atoms with van der Waals surface area (Å²) in [6.07, 6.45) is 0.726. The van der Waals surface area contributed by atoms with Crippen molar-refractivity contribution in [3.8, 4) is 0 Å². The molecule has 0 spiro atoms. The lowest BCUT2D eigenvalue weighted by Crippen LogP contribution is -2.55. The van der Waals surface area contributed by atoms with Crippen LogP contribution in [0.4, 0.5) is 6.01 Å². The summed E-state index contributed by atoms with van der Waals surface area (Å²) in [4.78, 5) is 12.6. The number of hydrogen-bond donors (Lipinski definition) is 1. The molecule has 2 N–H and O–H groups in total. The van der Waals surface area contributed by atoms with E-state index in [1.165, 1.54) is 0 Å². The molecule has 15 heavy (non-hydrogen) atoms. The minimum Gasteiger partial charge on any atom is -0.406 e. The number of rotatable bonds is 3. The lowest BCUT2D eigenvalue weighted by molar-refractivity contribution is -0.120. The SMILES string of the molecule is CC(Cl)c1nnc(N2CCC2C(N)=O)o1. The van der Waals surface area contributed by atoms with Gasteiger partial charge in [0.05, 0.1) is 0 Å². The molecule has 7 heteroatoms. The van der Waals surface area contributed by atoms with Crippen molar-refractivity contribution >= 4 is 23.5 Å². The highest BCUT2D eigenvalue weighted by Gasteiger charge is 2.36. The molecule has 0 bridgehead atoms. The third-order valence-corrected chi connectivity index (χ3v) is 2.55. The predicted molar refractivity (Wildman–Crippen MR) is 53.5 cm³/mol. The van der Waals surface area contributed by atoms with Gasteiger partial charge in [0, 0.05) is 6.54 Å². The van der Waals surface area contributed by atoms with Crippen molar-refractivity contribution in [2.75, 3.05) is 11.4 Å². The summed E-state index contributed by atoms with van der Waals surface area (Å²) in [7, 11) is 0. The molecule has 1 aliphatic rings. The number of carbonyl (C=O) groups is 1. The molecule has 1 amide bonds. The third-order valence-electron chi connectivity index (χ3n) is 2.36. The maximum absolute atomic E-state index is 11.0. The van der Waals surface area contributed by atoms with Crippen LogP contribution in [0, 0.1) is 0 Å². The van der Waals surface area contributed by atoms with Crippen molar-refractivity contribution in [3.05, 3.63) is 5.89 Å². The average Bonchev–Trinajstić information content (AvgIpc) is 2.49. The van der Waals surface area contributed by atoms with Crippen LogP contribution in [-0.4, -0.2) is 28.7 Å². The number of hydrogen-bond acceptors (Lipinski definition) is 5. The molecule has 0 aromatic carbocycles. The standard InChI is InChI=1S/C8H11ClN4O2/c1-4(9)7-11-12-8(15-7)13-3-2-5(13)6(10)14/h4-5H,2-3H2,1H3,(H2,10,14). The van der Waals surface area contributed by atoms with Gasteiger partial charge in [-0.1, -0.05) is 5.10 Å². The summed E-state index contributed by atoms with van der Waals surface area (Å²) < 4.78 is 5.29. The fourth-order valence-corrected chi connectivity index (χ4v) is 1.50. The second kappa shape index (κ2) is 3.69. The van der Waals surface area contributed by atoms with Crippen molar-refractivity contribution in [1.82, 2.24) is 10.2 Å². The molecule has 1 saturated heterocycles. The Balaban J connectivity index is 2.13. The number of nitrogens with two attached hydrogens (primary N) is 1. The normalized spacial score (nSPS) is 22.3. The van der Waals surface area contributed by atoms with Gasteiger partial charge in [0.1, 0.15) is 11.4 Å². The van der Waals surface area contributed by atoms with E-state index in [1.54, 1.807) is 11.8 Å². The largest absolute Gasteiger partial charge is 0.406 e. The molecule has 2 heterocycles. The molecule has 2 rings (SSSR count). The van der Waals surface area contributed by atoms with Gasteiger partial charge in [-0.2, -0.15) is 0 Å². The summed E-state index contributed by atoms with van der Waals surface area (Å²) in [5.41, 5.74) is 5.20. The number of alkyl halides is 1. The van der Waals surface area contributed by atoms with Crippen LogP contribution in [0.1, 0.15) is 24.6 Å². The molecular formula is C8H11ClN4O2. The monoisotopic (exact) mass is 230 g/mol. The second-order valence-corrected chi connectivity index (χ2v) is 4.09. The molecule has 0 aliphatic carbocycles. The summed E-state index contributed by atoms with van der Waals surface area (Å²) in [6, 6.07) is -0.0171. The van der Waals surface area contributed by atoms with Gasteiger partial charge in [-0.05, 0) is 13.3 Å². The van der Waals surface area contributed by atoms with Crippen molar-refractivity contribution in [2.24, 2.45) is 5.73 Å². The Morgan fingerprint density at radius 3 is 2.87 bits per heavy atom. The van der Waals surface area contributed by atoms with Crippen LogP contribution in [0.25, 0.3) is 0 Å². The van der Waals surface area contributed by atoms with E-state index in [1.807, 2.05) is 0 Å². The number of amides is 1. The van der Waals surface area contributed by atoms with E-state index < -0.39 is 0 Å². The number of carbonyl (C=O) groups excluding carboxylic acids is 1. The molecule has 82 valence electrons. The van der Waals surface area contributed by atoms with Crippen LogP contribution in [0.5, 0.6) is 0 Å². The highest BCUT2D eigenvalue weighted by Crippen LogP contribution is 2.27. The lowest BCUT2D eigenvalue weighted by Gasteiger charge is -2.36. The molecule has 1 aromatic rings. The fraction of sp³-hybridized carbons (Fsp3) is 0.625. The van der Waals surface area contributed by atoms with Gasteiger partial charge < -0.3 is 15.1 Å². The summed E-state index contributed by atoms with van der Waals surface area (Å²) in [5, 5.41) is 7.25. The van der Waals surface area contributed by atoms with Crippen molar-refractivity contribution < 1.29 is 9.21 Å². The Hall–Kier alpha value is -1.30. The zero-order chi connectivity index (χ0) is 11.0. The van der Waals surface area contributed by atoms with Crippen LogP contribution in [-0.2, 0) is 4.79 Å². The number of aromatic nitrogens is 2. The van der Waals surface area contributed by atoms with Gasteiger partial charge in [0.15, 0.2) is 0 Å². The summed E-state index contributed by atoms with van der Waals surface area (Å²) in [6.45, 7) is 2.44. The number of anilines is 1. The third kappa shape index (κ3) is 1.77. The number of halogens is 1. The molecular weight excluding hydrogens is 220 g/mol. The predicted octanol–water partition coefficient (Wildman–Crippen LogP) is 0.433. The number of primary amides is 1. The van der Waals surface area contributed by atoms with Crippen LogP contribution in [0.15, 0.2) is 4.42 Å². The lowest BCUT2D eigenvalue weighted by atomic mass is 10.0. The molecule has 2 atom stereocenters. The van der Waals surface area contributed by atoms with E-state index in [2.05, 4.69) is 10.2 Å². The Kier molecular flexibility index (Phi) is 2.52. The highest BCUT2D eigenvalue weighted by atomic mass is 35.5. The van der Waals surface area contributed by atoms with Crippen LogP contribution < -0.4 is 10.6 Å². The Bertz CT molecular complexity index is 378. The van der Waals surface area contributed by atoms with Gasteiger partial charge in [-0.3, -0.25) is 4.79 Å². The van der Waals surface area contributed by atoms with Crippen molar-refractivity contribution in [3.63, 3.8) is 0 Å². The zero-order valence-corrected chi connectivity index (χ0v) is 8.94. The molecule has 1 fully saturated rings. The van der Waals surface area contributed by atoms with Gasteiger partial charge in [-0.25, -0.2) is 0 Å². The Morgan fingerprint density at radius 1 is 1.73 bits per heavy atom. The topological polar surface area (TPSA) is 85.3 Å². The Labute approximate surface area is 91.4 Å². The quantitative estimate of drug-likeness (QED) is 0.762. The first kappa shape index (κ1) is 10.2. The maximum Gasteiger partial charge on any atom is 0.318 e. The van der Waals surface area contributed by atoms with Crippen LogP contribution >= 0.6 is 11.6 Å². The van der Waals surface area contributed by atoms with E-state index >= 15 is 0 Å². The highest BCUT2D eigenvalue weighted by molar-refractivity contribution is 6.20. The van der Waals surface area contributed by atoms with E-state index in [-0.39, 0.29) is 17.3 Å². The van der Waals surface area contributed by atoms with Gasteiger partial charge >= 0.3 is 6.01 Å². The first-order chi connectivity index (χ1) is 7.09. The first-order valence-corrected chi connectivity index (χ1v) is 5.06. The van der Waals surface area contributed by atoms with E-state index in [4.69, 9.17) is 21.8 Å². The molecule has 2 unspecified atom stereocenters. The maximum atomic E-state index is 11.0. The van der Waals surface area contributed by atoms with E-state index in [0.717, 1.165) is 6.42 Å². The van der Waals surface area contributed by atoms with Gasteiger partial charge in [-0.15, -0.1) is 16.7 Å².